The van der Waals surface area contributed by atoms with E-state index >= 15 is 0 Å². The molecule has 1 unspecified atom stereocenters. The van der Waals surface area contributed by atoms with Crippen LogP contribution < -0.4 is 20.7 Å². The Morgan fingerprint density at radius 1 is 1.16 bits per heavy atom. The van der Waals surface area contributed by atoms with E-state index in [-0.39, 0.29) is 35.8 Å². The van der Waals surface area contributed by atoms with Crippen molar-refractivity contribution in [3.8, 4) is 5.75 Å². The van der Waals surface area contributed by atoms with E-state index in [9.17, 15) is 4.79 Å². The van der Waals surface area contributed by atoms with Gasteiger partial charge in [-0.2, -0.15) is 0 Å². The van der Waals surface area contributed by atoms with Gasteiger partial charge in [0.05, 0.1) is 13.1 Å². The number of hydrogen-bond acceptors (Lipinski definition) is 3. The monoisotopic (exact) mass is 536 g/mol. The summed E-state index contributed by atoms with van der Waals surface area (Å²) >= 11 is 0. The second-order valence-electron chi connectivity index (χ2n) is 7.72. The first-order valence-corrected chi connectivity index (χ1v) is 10.7. The molecule has 0 aliphatic carbocycles. The Bertz CT molecular complexity index is 885. The number of hydrogen-bond donors (Lipinski definition) is 3. The van der Waals surface area contributed by atoms with Gasteiger partial charge in [-0.05, 0) is 36.1 Å². The highest BCUT2D eigenvalue weighted by atomic mass is 127. The van der Waals surface area contributed by atoms with E-state index in [0.29, 0.717) is 32.0 Å². The maximum atomic E-state index is 12.0. The molecule has 0 spiro atoms. The van der Waals surface area contributed by atoms with Crippen LogP contribution in [-0.2, 0) is 4.79 Å². The number of carbonyl (C=O) groups excluding carboxylic acids is 1. The van der Waals surface area contributed by atoms with Crippen LogP contribution in [-0.4, -0.2) is 38.1 Å². The number of nitrogens with one attached hydrogen (secondary N) is 3. The molecule has 2 aromatic carbocycles. The van der Waals surface area contributed by atoms with E-state index in [1.54, 1.807) is 0 Å². The fourth-order valence-electron chi connectivity index (χ4n) is 3.63. The maximum absolute atomic E-state index is 12.0. The Morgan fingerprint density at radius 2 is 1.90 bits per heavy atom. The van der Waals surface area contributed by atoms with Crippen molar-refractivity contribution < 1.29 is 9.53 Å². The zero-order chi connectivity index (χ0) is 21.3. The Labute approximate surface area is 202 Å². The molecule has 6 nitrogen and oxygen atoms in total. The van der Waals surface area contributed by atoms with Gasteiger partial charge in [0.25, 0.3) is 0 Å². The summed E-state index contributed by atoms with van der Waals surface area (Å²) < 4.78 is 5.98. The second-order valence-corrected chi connectivity index (χ2v) is 7.72. The summed E-state index contributed by atoms with van der Waals surface area (Å²) in [5.74, 6) is 2.22. The lowest BCUT2D eigenvalue weighted by Crippen LogP contribution is -2.39. The number of halogens is 1. The molecule has 3 N–H and O–H groups in total. The minimum absolute atomic E-state index is 0. The van der Waals surface area contributed by atoms with Gasteiger partial charge < -0.3 is 20.7 Å². The number of aliphatic imine (C=N–C) groups is 1. The molecular formula is C24H33IN4O2. The van der Waals surface area contributed by atoms with Crippen molar-refractivity contribution in [1.29, 1.82) is 0 Å². The number of ether oxygens (including phenoxy) is 1. The number of guanidine groups is 1. The van der Waals surface area contributed by atoms with Gasteiger partial charge in [0.2, 0.25) is 5.91 Å². The Kier molecular flexibility index (Phi) is 10.1. The summed E-state index contributed by atoms with van der Waals surface area (Å²) in [6.07, 6.45) is 0.453. The SMILES string of the molecule is CCNC(=NCC1CC(=O)Nc2ccccc21)NCCOc1ccccc1C(C)C.I. The number of fused-ring (bicyclic) bond motifs is 1. The molecule has 1 heterocycles. The zero-order valence-corrected chi connectivity index (χ0v) is 20.8. The lowest BCUT2D eigenvalue weighted by atomic mass is 9.91. The highest BCUT2D eigenvalue weighted by Crippen LogP contribution is 2.32. The highest BCUT2D eigenvalue weighted by molar-refractivity contribution is 14.0. The fraction of sp³-hybridized carbons (Fsp3) is 0.417. The van der Waals surface area contributed by atoms with Crippen LogP contribution in [0, 0.1) is 0 Å². The van der Waals surface area contributed by atoms with Crippen LogP contribution in [0.2, 0.25) is 0 Å². The van der Waals surface area contributed by atoms with Crippen LogP contribution in [0.25, 0.3) is 0 Å². The van der Waals surface area contributed by atoms with Crippen LogP contribution in [0.4, 0.5) is 5.69 Å². The third-order valence-electron chi connectivity index (χ3n) is 5.11. The molecule has 0 radical (unpaired) electrons. The third-order valence-corrected chi connectivity index (χ3v) is 5.11. The summed E-state index contributed by atoms with van der Waals surface area (Å²) in [5, 5.41) is 9.53. The average Bonchev–Trinajstić information content (AvgIpc) is 2.74. The van der Waals surface area contributed by atoms with Crippen LogP contribution in [0.3, 0.4) is 0 Å². The summed E-state index contributed by atoms with van der Waals surface area (Å²) in [6.45, 7) is 8.88. The minimum Gasteiger partial charge on any atom is -0.491 e. The van der Waals surface area contributed by atoms with Gasteiger partial charge in [-0.25, -0.2) is 0 Å². The van der Waals surface area contributed by atoms with Gasteiger partial charge in [0.1, 0.15) is 12.4 Å². The topological polar surface area (TPSA) is 74.8 Å². The summed E-state index contributed by atoms with van der Waals surface area (Å²) in [6, 6.07) is 16.1. The van der Waals surface area contributed by atoms with E-state index < -0.39 is 0 Å². The number of amides is 1. The van der Waals surface area contributed by atoms with Crippen molar-refractivity contribution in [2.75, 3.05) is 31.6 Å². The van der Waals surface area contributed by atoms with Crippen LogP contribution in [0.15, 0.2) is 53.5 Å². The molecule has 31 heavy (non-hydrogen) atoms. The number of para-hydroxylation sites is 2. The third kappa shape index (κ3) is 7.12. The predicted molar refractivity (Wildman–Crippen MR) is 138 cm³/mol. The number of benzene rings is 2. The molecule has 1 amide bonds. The molecule has 0 aromatic heterocycles. The number of anilines is 1. The van der Waals surface area contributed by atoms with Gasteiger partial charge in [0.15, 0.2) is 5.96 Å². The van der Waals surface area contributed by atoms with E-state index in [1.807, 2.05) is 43.3 Å². The minimum atomic E-state index is 0. The van der Waals surface area contributed by atoms with Crippen molar-refractivity contribution in [3.63, 3.8) is 0 Å². The summed E-state index contributed by atoms with van der Waals surface area (Å²) in [4.78, 5) is 16.7. The molecule has 168 valence electrons. The molecule has 0 bridgehead atoms. The molecular weight excluding hydrogens is 503 g/mol. The quantitative estimate of drug-likeness (QED) is 0.201. The molecule has 0 saturated carbocycles. The average molecular weight is 536 g/mol. The van der Waals surface area contributed by atoms with Crippen LogP contribution in [0.5, 0.6) is 5.75 Å². The van der Waals surface area contributed by atoms with Crippen molar-refractivity contribution in [1.82, 2.24) is 10.6 Å². The fourth-order valence-corrected chi connectivity index (χ4v) is 3.63. The predicted octanol–water partition coefficient (Wildman–Crippen LogP) is 4.49. The first kappa shape index (κ1) is 25.0. The molecule has 2 aromatic rings. The van der Waals surface area contributed by atoms with Crippen molar-refractivity contribution in [2.45, 2.75) is 39.0 Å². The Balaban J connectivity index is 0.00000341. The number of carbonyl (C=O) groups is 1. The van der Waals surface area contributed by atoms with E-state index in [4.69, 9.17) is 9.73 Å². The first-order chi connectivity index (χ1) is 14.6. The molecule has 7 heteroatoms. The van der Waals surface area contributed by atoms with Crippen LogP contribution in [0.1, 0.15) is 50.2 Å². The van der Waals surface area contributed by atoms with Gasteiger partial charge in [-0.3, -0.25) is 9.79 Å². The van der Waals surface area contributed by atoms with E-state index in [2.05, 4.69) is 41.9 Å². The van der Waals surface area contributed by atoms with Crippen molar-refractivity contribution >= 4 is 41.5 Å². The van der Waals surface area contributed by atoms with Gasteiger partial charge in [-0.1, -0.05) is 50.2 Å². The molecule has 3 rings (SSSR count). The zero-order valence-electron chi connectivity index (χ0n) is 18.5. The second kappa shape index (κ2) is 12.5. The van der Waals surface area contributed by atoms with E-state index in [1.165, 1.54) is 5.56 Å². The Hall–Kier alpha value is -2.29. The molecule has 0 saturated heterocycles. The van der Waals surface area contributed by atoms with Gasteiger partial charge in [-0.15, -0.1) is 24.0 Å². The first-order valence-electron chi connectivity index (χ1n) is 10.7. The standard InChI is InChI=1S/C24H32N4O2.HI/c1-4-25-24(26-13-14-30-22-12-8-6-9-19(22)17(2)3)27-16-18-15-23(29)28-21-11-7-5-10-20(18)21;/h5-12,17-18H,4,13-16H2,1-3H3,(H,28,29)(H2,25,26,27);1H. The summed E-state index contributed by atoms with van der Waals surface area (Å²) in [7, 11) is 0. The van der Waals surface area contributed by atoms with Gasteiger partial charge >= 0.3 is 0 Å². The van der Waals surface area contributed by atoms with Crippen molar-refractivity contribution in [3.05, 3.63) is 59.7 Å². The largest absolute Gasteiger partial charge is 0.491 e. The smallest absolute Gasteiger partial charge is 0.225 e. The summed E-state index contributed by atoms with van der Waals surface area (Å²) in [5.41, 5.74) is 3.25. The Morgan fingerprint density at radius 3 is 2.68 bits per heavy atom. The molecule has 1 aliphatic rings. The van der Waals surface area contributed by atoms with Crippen LogP contribution >= 0.6 is 24.0 Å². The lowest BCUT2D eigenvalue weighted by molar-refractivity contribution is -0.116. The molecule has 1 aliphatic heterocycles. The highest BCUT2D eigenvalue weighted by Gasteiger charge is 2.24. The normalized spacial score (nSPS) is 15.5. The lowest BCUT2D eigenvalue weighted by Gasteiger charge is -2.24. The van der Waals surface area contributed by atoms with Crippen molar-refractivity contribution in [2.24, 2.45) is 4.99 Å². The molecule has 0 fully saturated rings. The molecule has 1 atom stereocenters. The maximum Gasteiger partial charge on any atom is 0.225 e. The van der Waals surface area contributed by atoms with E-state index in [0.717, 1.165) is 29.5 Å². The number of rotatable bonds is 8. The number of nitrogens with zero attached hydrogens (tertiary/aromatic N) is 1. The van der Waals surface area contributed by atoms with Gasteiger partial charge in [0, 0.05) is 24.6 Å².